The normalized spacial score (nSPS) is 14.3. The number of anilines is 1. The molecule has 0 unspecified atom stereocenters. The first kappa shape index (κ1) is 7.09. The molecule has 0 amide bonds. The number of rotatable bonds is 0. The predicted molar refractivity (Wildman–Crippen MR) is 46.6 cm³/mol. The van der Waals surface area contributed by atoms with Crippen molar-refractivity contribution < 1.29 is 0 Å². The molecule has 0 bridgehead atoms. The van der Waals surface area contributed by atoms with Gasteiger partial charge in [0.05, 0.1) is 0 Å². The Labute approximate surface area is 69.1 Å². The second kappa shape index (κ2) is 2.48. The molecule has 1 aliphatic rings. The van der Waals surface area contributed by atoms with Gasteiger partial charge in [-0.1, -0.05) is 12.2 Å². The molecule has 0 spiro atoms. The standard InChI is InChI=1S/C8H9N3O/c9-7-5-3-1-2-4-6(5)8(12)11-10-7/h1,3H,2,4H2,(H2,9,10)(H,11,12). The average molecular weight is 163 g/mol. The molecule has 1 aromatic rings. The second-order valence-corrected chi connectivity index (χ2v) is 2.77. The number of nitrogens with one attached hydrogen (secondary N) is 1. The van der Waals surface area contributed by atoms with E-state index in [2.05, 4.69) is 10.2 Å². The summed E-state index contributed by atoms with van der Waals surface area (Å²) in [6.45, 7) is 0. The fraction of sp³-hybridized carbons (Fsp3) is 0.250. The third-order valence-corrected chi connectivity index (χ3v) is 2.00. The van der Waals surface area contributed by atoms with Crippen LogP contribution in [-0.2, 0) is 6.42 Å². The maximum Gasteiger partial charge on any atom is 0.268 e. The molecule has 1 aliphatic carbocycles. The van der Waals surface area contributed by atoms with Crippen LogP contribution in [0.5, 0.6) is 0 Å². The minimum atomic E-state index is -0.122. The monoisotopic (exact) mass is 163 g/mol. The molecule has 0 atom stereocenters. The number of nitrogens with zero attached hydrogens (tertiary/aromatic N) is 1. The average Bonchev–Trinajstić information content (AvgIpc) is 2.12. The van der Waals surface area contributed by atoms with Crippen molar-refractivity contribution >= 4 is 11.9 Å². The smallest absolute Gasteiger partial charge is 0.268 e. The summed E-state index contributed by atoms with van der Waals surface area (Å²) in [6, 6.07) is 0. The van der Waals surface area contributed by atoms with E-state index in [0.29, 0.717) is 5.82 Å². The Bertz CT molecular complexity index is 392. The van der Waals surface area contributed by atoms with Crippen molar-refractivity contribution in [3.63, 3.8) is 0 Å². The number of hydrogen-bond acceptors (Lipinski definition) is 3. The molecule has 3 N–H and O–H groups in total. The summed E-state index contributed by atoms with van der Waals surface area (Å²) in [5.74, 6) is 0.403. The topological polar surface area (TPSA) is 71.8 Å². The Morgan fingerprint density at radius 2 is 2.42 bits per heavy atom. The summed E-state index contributed by atoms with van der Waals surface area (Å²) in [7, 11) is 0. The molecule has 2 rings (SSSR count). The zero-order chi connectivity index (χ0) is 8.55. The van der Waals surface area contributed by atoms with Gasteiger partial charge in [0.15, 0.2) is 5.82 Å². The second-order valence-electron chi connectivity index (χ2n) is 2.77. The van der Waals surface area contributed by atoms with Crippen molar-refractivity contribution in [2.24, 2.45) is 0 Å². The number of fused-ring (bicyclic) bond motifs is 1. The largest absolute Gasteiger partial charge is 0.382 e. The van der Waals surface area contributed by atoms with Gasteiger partial charge in [0.25, 0.3) is 5.56 Å². The van der Waals surface area contributed by atoms with Crippen molar-refractivity contribution in [1.82, 2.24) is 10.2 Å². The fourth-order valence-electron chi connectivity index (χ4n) is 1.38. The van der Waals surface area contributed by atoms with Gasteiger partial charge >= 0.3 is 0 Å². The number of aromatic nitrogens is 2. The quantitative estimate of drug-likeness (QED) is 0.578. The molecule has 0 saturated heterocycles. The van der Waals surface area contributed by atoms with E-state index >= 15 is 0 Å². The minimum absolute atomic E-state index is 0.122. The van der Waals surface area contributed by atoms with Crippen molar-refractivity contribution in [2.45, 2.75) is 12.8 Å². The third kappa shape index (κ3) is 0.922. The molecule has 4 nitrogen and oxygen atoms in total. The van der Waals surface area contributed by atoms with E-state index in [-0.39, 0.29) is 5.56 Å². The van der Waals surface area contributed by atoms with Crippen molar-refractivity contribution in [2.75, 3.05) is 5.73 Å². The molecule has 0 radical (unpaired) electrons. The van der Waals surface area contributed by atoms with Crippen LogP contribution in [0.4, 0.5) is 5.82 Å². The Morgan fingerprint density at radius 1 is 1.58 bits per heavy atom. The molecule has 12 heavy (non-hydrogen) atoms. The van der Waals surface area contributed by atoms with Crippen LogP contribution in [-0.4, -0.2) is 10.2 Å². The molecule has 0 saturated carbocycles. The van der Waals surface area contributed by atoms with Crippen molar-refractivity contribution in [1.29, 1.82) is 0 Å². The van der Waals surface area contributed by atoms with Gasteiger partial charge in [-0.2, -0.15) is 5.10 Å². The molecular formula is C8H9N3O. The Morgan fingerprint density at radius 3 is 3.17 bits per heavy atom. The first-order chi connectivity index (χ1) is 5.79. The SMILES string of the molecule is Nc1n[nH]c(=O)c2c1C=CCC2. The maximum atomic E-state index is 11.2. The van der Waals surface area contributed by atoms with Gasteiger partial charge in [0, 0.05) is 11.1 Å². The van der Waals surface area contributed by atoms with Crippen LogP contribution >= 0.6 is 0 Å². The highest BCUT2D eigenvalue weighted by Gasteiger charge is 2.11. The lowest BCUT2D eigenvalue weighted by atomic mass is 10.00. The van der Waals surface area contributed by atoms with Crippen LogP contribution in [0.3, 0.4) is 0 Å². The van der Waals surface area contributed by atoms with Crippen LogP contribution in [0.2, 0.25) is 0 Å². The lowest BCUT2D eigenvalue weighted by Gasteiger charge is -2.09. The van der Waals surface area contributed by atoms with Crippen molar-refractivity contribution in [3.05, 3.63) is 27.6 Å². The Kier molecular flexibility index (Phi) is 1.46. The van der Waals surface area contributed by atoms with Gasteiger partial charge < -0.3 is 5.73 Å². The van der Waals surface area contributed by atoms with Gasteiger partial charge in [0.2, 0.25) is 0 Å². The Balaban J connectivity index is 2.75. The summed E-state index contributed by atoms with van der Waals surface area (Å²) in [5, 5.41) is 6.04. The van der Waals surface area contributed by atoms with Crippen molar-refractivity contribution in [3.8, 4) is 0 Å². The summed E-state index contributed by atoms with van der Waals surface area (Å²) < 4.78 is 0. The zero-order valence-corrected chi connectivity index (χ0v) is 6.50. The van der Waals surface area contributed by atoms with Crippen LogP contribution < -0.4 is 11.3 Å². The molecule has 1 aromatic heterocycles. The highest BCUT2D eigenvalue weighted by Crippen LogP contribution is 2.18. The molecule has 62 valence electrons. The minimum Gasteiger partial charge on any atom is -0.382 e. The van der Waals surface area contributed by atoms with E-state index in [1.807, 2.05) is 12.2 Å². The number of H-pyrrole nitrogens is 1. The predicted octanol–water partition coefficient (Wildman–Crippen LogP) is 0.311. The third-order valence-electron chi connectivity index (χ3n) is 2.00. The molecular weight excluding hydrogens is 154 g/mol. The molecule has 0 fully saturated rings. The van der Waals surface area contributed by atoms with Gasteiger partial charge in [-0.25, -0.2) is 5.10 Å². The summed E-state index contributed by atoms with van der Waals surface area (Å²) in [6.07, 6.45) is 5.52. The number of allylic oxidation sites excluding steroid dienone is 1. The van der Waals surface area contributed by atoms with Gasteiger partial charge in [-0.3, -0.25) is 4.79 Å². The molecule has 0 aliphatic heterocycles. The summed E-state index contributed by atoms with van der Waals surface area (Å²) in [4.78, 5) is 11.2. The summed E-state index contributed by atoms with van der Waals surface area (Å²) >= 11 is 0. The van der Waals surface area contributed by atoms with Crippen LogP contribution in [0.25, 0.3) is 6.08 Å². The first-order valence-electron chi connectivity index (χ1n) is 3.82. The van der Waals surface area contributed by atoms with Crippen LogP contribution in [0.15, 0.2) is 10.9 Å². The van der Waals surface area contributed by atoms with Crippen LogP contribution in [0.1, 0.15) is 17.5 Å². The lowest BCUT2D eigenvalue weighted by Crippen LogP contribution is -2.19. The first-order valence-corrected chi connectivity index (χ1v) is 3.82. The van der Waals surface area contributed by atoms with E-state index < -0.39 is 0 Å². The lowest BCUT2D eigenvalue weighted by molar-refractivity contribution is 0.898. The highest BCUT2D eigenvalue weighted by molar-refractivity contribution is 5.65. The van der Waals surface area contributed by atoms with Crippen LogP contribution in [0, 0.1) is 0 Å². The zero-order valence-electron chi connectivity index (χ0n) is 6.50. The number of nitrogens with two attached hydrogens (primary N) is 1. The highest BCUT2D eigenvalue weighted by atomic mass is 16.1. The Hall–Kier alpha value is -1.58. The molecule has 0 aromatic carbocycles. The maximum absolute atomic E-state index is 11.2. The van der Waals surface area contributed by atoms with E-state index in [1.165, 1.54) is 0 Å². The number of aromatic amines is 1. The summed E-state index contributed by atoms with van der Waals surface area (Å²) in [5.41, 5.74) is 6.99. The number of nitrogen functional groups attached to an aromatic ring is 1. The van der Waals surface area contributed by atoms with Gasteiger partial charge in [-0.05, 0) is 12.8 Å². The molecule has 1 heterocycles. The van der Waals surface area contributed by atoms with E-state index in [0.717, 1.165) is 24.0 Å². The molecule has 4 heteroatoms. The van der Waals surface area contributed by atoms with E-state index in [9.17, 15) is 4.79 Å². The fourth-order valence-corrected chi connectivity index (χ4v) is 1.38. The van der Waals surface area contributed by atoms with Gasteiger partial charge in [0.1, 0.15) is 0 Å². The number of hydrogen-bond donors (Lipinski definition) is 2. The van der Waals surface area contributed by atoms with Gasteiger partial charge in [-0.15, -0.1) is 0 Å². The van der Waals surface area contributed by atoms with E-state index in [4.69, 9.17) is 5.73 Å². The van der Waals surface area contributed by atoms with E-state index in [1.54, 1.807) is 0 Å².